The molecule has 28 heavy (non-hydrogen) atoms. The van der Waals surface area contributed by atoms with Gasteiger partial charge in [0.05, 0.1) is 0 Å². The Balaban J connectivity index is 1.15. The molecule has 2 aromatic rings. The van der Waals surface area contributed by atoms with E-state index in [0.29, 0.717) is 12.3 Å². The summed E-state index contributed by atoms with van der Waals surface area (Å²) in [4.78, 5) is 27.7. The molecule has 0 saturated carbocycles. The van der Waals surface area contributed by atoms with Crippen molar-refractivity contribution in [2.75, 3.05) is 63.8 Å². The van der Waals surface area contributed by atoms with E-state index < -0.39 is 0 Å². The monoisotopic (exact) mass is 399 g/mol. The minimum absolute atomic E-state index is 0.293. The van der Waals surface area contributed by atoms with Gasteiger partial charge in [0.15, 0.2) is 0 Å². The summed E-state index contributed by atoms with van der Waals surface area (Å²) in [5.74, 6) is 1.30. The number of carbonyl (C=O) groups excluding carboxylic acids is 1. The topological polar surface area (TPSA) is 42.9 Å². The number of piperazine rings is 2. The number of carbonyl (C=O) groups is 1. The Morgan fingerprint density at radius 1 is 0.929 bits per heavy atom. The van der Waals surface area contributed by atoms with Crippen molar-refractivity contribution < 1.29 is 4.79 Å². The van der Waals surface area contributed by atoms with Crippen molar-refractivity contribution in [2.45, 2.75) is 13.0 Å². The van der Waals surface area contributed by atoms with Crippen molar-refractivity contribution in [3.8, 4) is 0 Å². The smallest absolute Gasteiger partial charge is 0.223 e. The highest BCUT2D eigenvalue weighted by atomic mass is 32.1. The van der Waals surface area contributed by atoms with Crippen LogP contribution in [0, 0.1) is 0 Å². The van der Waals surface area contributed by atoms with E-state index >= 15 is 0 Å². The molecule has 0 atom stereocenters. The summed E-state index contributed by atoms with van der Waals surface area (Å²) in [5.41, 5.74) is 0. The van der Waals surface area contributed by atoms with Gasteiger partial charge in [-0.25, -0.2) is 4.98 Å². The lowest BCUT2D eigenvalue weighted by atomic mass is 10.2. The second-order valence-corrected chi connectivity index (χ2v) is 8.54. The number of hydrogen-bond donors (Lipinski definition) is 0. The standard InChI is InChI=1S/C21H29N5OS/c27-21(26-15-13-25(14-16-26)20-5-1-2-7-22-20)6-8-23-9-11-24(12-10-23)18-19-4-3-17-28-19/h1-5,7,17H,6,8-16,18H2. The van der Waals surface area contributed by atoms with Crippen LogP contribution in [-0.2, 0) is 11.3 Å². The Morgan fingerprint density at radius 3 is 2.39 bits per heavy atom. The molecule has 0 aromatic carbocycles. The van der Waals surface area contributed by atoms with Crippen molar-refractivity contribution >= 4 is 23.1 Å². The van der Waals surface area contributed by atoms with Crippen molar-refractivity contribution in [3.05, 3.63) is 46.8 Å². The summed E-state index contributed by atoms with van der Waals surface area (Å²) in [5, 5.41) is 2.15. The molecule has 2 saturated heterocycles. The van der Waals surface area contributed by atoms with Gasteiger partial charge in [-0.3, -0.25) is 9.69 Å². The molecule has 7 heteroatoms. The average Bonchev–Trinajstić information content (AvgIpc) is 3.27. The minimum Gasteiger partial charge on any atom is -0.353 e. The number of nitrogens with zero attached hydrogens (tertiary/aromatic N) is 5. The number of amides is 1. The normalized spacial score (nSPS) is 19.1. The fourth-order valence-electron chi connectivity index (χ4n) is 3.93. The van der Waals surface area contributed by atoms with Crippen LogP contribution in [0.1, 0.15) is 11.3 Å². The predicted octanol–water partition coefficient (Wildman–Crippen LogP) is 2.00. The molecule has 2 fully saturated rings. The molecule has 0 bridgehead atoms. The van der Waals surface area contributed by atoms with Crippen molar-refractivity contribution in [1.29, 1.82) is 0 Å². The maximum atomic E-state index is 12.6. The van der Waals surface area contributed by atoms with Crippen LogP contribution in [0.4, 0.5) is 5.82 Å². The molecule has 6 nitrogen and oxygen atoms in total. The summed E-state index contributed by atoms with van der Waals surface area (Å²) >= 11 is 1.83. The zero-order valence-corrected chi connectivity index (χ0v) is 17.2. The van der Waals surface area contributed by atoms with Gasteiger partial charge in [0.2, 0.25) is 5.91 Å². The van der Waals surface area contributed by atoms with Gasteiger partial charge >= 0.3 is 0 Å². The first kappa shape index (κ1) is 19.4. The molecule has 150 valence electrons. The molecule has 2 aliphatic rings. The highest BCUT2D eigenvalue weighted by Gasteiger charge is 2.23. The summed E-state index contributed by atoms with van der Waals surface area (Å²) < 4.78 is 0. The lowest BCUT2D eigenvalue weighted by Crippen LogP contribution is -2.50. The molecule has 0 aliphatic carbocycles. The number of aromatic nitrogens is 1. The lowest BCUT2D eigenvalue weighted by molar-refractivity contribution is -0.131. The third-order valence-electron chi connectivity index (χ3n) is 5.67. The number of thiophene rings is 1. The Labute approximate surface area is 171 Å². The highest BCUT2D eigenvalue weighted by molar-refractivity contribution is 7.09. The number of anilines is 1. The first-order valence-electron chi connectivity index (χ1n) is 10.2. The molecule has 0 N–H and O–H groups in total. The van der Waals surface area contributed by atoms with Gasteiger partial charge in [-0.2, -0.15) is 0 Å². The predicted molar refractivity (Wildman–Crippen MR) is 114 cm³/mol. The van der Waals surface area contributed by atoms with E-state index in [4.69, 9.17) is 0 Å². The zero-order valence-electron chi connectivity index (χ0n) is 16.4. The van der Waals surface area contributed by atoms with E-state index in [9.17, 15) is 4.79 Å². The number of hydrogen-bond acceptors (Lipinski definition) is 6. The molecular weight excluding hydrogens is 370 g/mol. The van der Waals surface area contributed by atoms with Crippen LogP contribution in [0.5, 0.6) is 0 Å². The second kappa shape index (κ2) is 9.49. The zero-order chi connectivity index (χ0) is 19.2. The summed E-state index contributed by atoms with van der Waals surface area (Å²) in [6.07, 6.45) is 2.46. The maximum absolute atomic E-state index is 12.6. The first-order valence-corrected chi connectivity index (χ1v) is 11.1. The minimum atomic E-state index is 0.293. The third-order valence-corrected chi connectivity index (χ3v) is 6.53. The van der Waals surface area contributed by atoms with E-state index in [2.05, 4.69) is 37.2 Å². The van der Waals surface area contributed by atoms with Crippen molar-refractivity contribution in [3.63, 3.8) is 0 Å². The van der Waals surface area contributed by atoms with Crippen LogP contribution in [0.15, 0.2) is 41.9 Å². The summed E-state index contributed by atoms with van der Waals surface area (Å²) in [6, 6.07) is 10.3. The van der Waals surface area contributed by atoms with Crippen LogP contribution in [0.25, 0.3) is 0 Å². The highest BCUT2D eigenvalue weighted by Crippen LogP contribution is 2.15. The van der Waals surface area contributed by atoms with Crippen LogP contribution in [-0.4, -0.2) is 84.5 Å². The molecular formula is C21H29N5OS. The molecule has 0 unspecified atom stereocenters. The Hall–Kier alpha value is -1.96. The summed E-state index contributed by atoms with van der Waals surface area (Å²) in [6.45, 7) is 9.57. The van der Waals surface area contributed by atoms with Gasteiger partial charge in [-0.1, -0.05) is 12.1 Å². The van der Waals surface area contributed by atoms with Crippen molar-refractivity contribution in [2.24, 2.45) is 0 Å². The van der Waals surface area contributed by atoms with E-state index in [1.807, 2.05) is 40.6 Å². The fraction of sp³-hybridized carbons (Fsp3) is 0.524. The lowest BCUT2D eigenvalue weighted by Gasteiger charge is -2.37. The SMILES string of the molecule is O=C(CCN1CCN(Cc2cccs2)CC1)N1CCN(c2ccccn2)CC1. The second-order valence-electron chi connectivity index (χ2n) is 7.50. The van der Waals surface area contributed by atoms with Gasteiger partial charge in [-0.15, -0.1) is 11.3 Å². The molecule has 4 rings (SSSR count). The van der Waals surface area contributed by atoms with Crippen LogP contribution >= 0.6 is 11.3 Å². The van der Waals surface area contributed by atoms with Gasteiger partial charge in [-0.05, 0) is 23.6 Å². The molecule has 0 spiro atoms. The Kier molecular flexibility index (Phi) is 6.57. The van der Waals surface area contributed by atoms with E-state index in [1.165, 1.54) is 4.88 Å². The average molecular weight is 400 g/mol. The fourth-order valence-corrected chi connectivity index (χ4v) is 4.68. The molecule has 2 aliphatic heterocycles. The van der Waals surface area contributed by atoms with Crippen molar-refractivity contribution in [1.82, 2.24) is 19.7 Å². The largest absolute Gasteiger partial charge is 0.353 e. The third kappa shape index (κ3) is 5.10. The Bertz CT molecular complexity index is 723. The molecule has 4 heterocycles. The Morgan fingerprint density at radius 2 is 1.71 bits per heavy atom. The first-order chi connectivity index (χ1) is 13.8. The van der Waals surface area contributed by atoms with Crippen LogP contribution in [0.3, 0.4) is 0 Å². The van der Waals surface area contributed by atoms with E-state index in [-0.39, 0.29) is 0 Å². The molecule has 0 radical (unpaired) electrons. The molecule has 1 amide bonds. The molecule has 2 aromatic heterocycles. The maximum Gasteiger partial charge on any atom is 0.223 e. The van der Waals surface area contributed by atoms with Gasteiger partial charge < -0.3 is 14.7 Å². The number of rotatable bonds is 6. The van der Waals surface area contributed by atoms with Gasteiger partial charge in [0.1, 0.15) is 5.82 Å². The number of pyridine rings is 1. The summed E-state index contributed by atoms with van der Waals surface area (Å²) in [7, 11) is 0. The van der Waals surface area contributed by atoms with E-state index in [1.54, 1.807) is 0 Å². The van der Waals surface area contributed by atoms with Gasteiger partial charge in [0.25, 0.3) is 0 Å². The quantitative estimate of drug-likeness (QED) is 0.743. The van der Waals surface area contributed by atoms with E-state index in [0.717, 1.165) is 71.3 Å². The van der Waals surface area contributed by atoms with Gasteiger partial charge in [0, 0.05) is 82.9 Å². The van der Waals surface area contributed by atoms with Crippen LogP contribution < -0.4 is 4.90 Å². The van der Waals surface area contributed by atoms with Crippen LogP contribution in [0.2, 0.25) is 0 Å².